The number of para-hydroxylation sites is 1. The molecule has 3 amide bonds. The van der Waals surface area contributed by atoms with Crippen molar-refractivity contribution in [3.63, 3.8) is 0 Å². The summed E-state index contributed by atoms with van der Waals surface area (Å²) < 4.78 is 5.43. The van der Waals surface area contributed by atoms with Crippen LogP contribution in [0.5, 0.6) is 5.75 Å². The molecule has 0 saturated carbocycles. The highest BCUT2D eigenvalue weighted by atomic mass is 16.5. The zero-order valence-corrected chi connectivity index (χ0v) is 17.3. The summed E-state index contributed by atoms with van der Waals surface area (Å²) >= 11 is 0. The minimum Gasteiger partial charge on any atom is -0.494 e. The van der Waals surface area contributed by atoms with Crippen LogP contribution in [0.15, 0.2) is 48.5 Å². The zero-order chi connectivity index (χ0) is 21.5. The topological polar surface area (TPSA) is 87.7 Å². The van der Waals surface area contributed by atoms with Crippen molar-refractivity contribution < 1.29 is 19.1 Å². The maximum absolute atomic E-state index is 12.8. The standard InChI is InChI=1S/C23H27N3O4/c1-3-13-24-23(29)19-7-5-6-8-20(19)25-22(28)16-14-21(27)26(15-16)17-9-11-18(12-10-17)30-4-2/h5-12,16H,3-4,13-15H2,1-2H3,(H,24,29)(H,25,28)/t16-/m1/s1. The van der Waals surface area contributed by atoms with Gasteiger partial charge in [0.1, 0.15) is 5.75 Å². The number of ether oxygens (including phenoxy) is 1. The first-order chi connectivity index (χ1) is 14.5. The summed E-state index contributed by atoms with van der Waals surface area (Å²) in [5.41, 5.74) is 1.59. The number of carbonyl (C=O) groups excluding carboxylic acids is 3. The Morgan fingerprint density at radius 1 is 1.10 bits per heavy atom. The Balaban J connectivity index is 1.67. The van der Waals surface area contributed by atoms with Gasteiger partial charge in [-0.15, -0.1) is 0 Å². The second-order valence-corrected chi connectivity index (χ2v) is 7.12. The lowest BCUT2D eigenvalue weighted by atomic mass is 10.1. The van der Waals surface area contributed by atoms with Gasteiger partial charge >= 0.3 is 0 Å². The first-order valence-electron chi connectivity index (χ1n) is 10.2. The highest BCUT2D eigenvalue weighted by Gasteiger charge is 2.35. The molecule has 1 heterocycles. The Labute approximate surface area is 176 Å². The second-order valence-electron chi connectivity index (χ2n) is 7.12. The smallest absolute Gasteiger partial charge is 0.253 e. The van der Waals surface area contributed by atoms with Gasteiger partial charge in [-0.2, -0.15) is 0 Å². The van der Waals surface area contributed by atoms with E-state index in [9.17, 15) is 14.4 Å². The quantitative estimate of drug-likeness (QED) is 0.701. The average Bonchev–Trinajstić information content (AvgIpc) is 3.15. The molecule has 0 unspecified atom stereocenters. The molecule has 0 aromatic heterocycles. The van der Waals surface area contributed by atoms with E-state index in [1.54, 1.807) is 29.2 Å². The van der Waals surface area contributed by atoms with E-state index in [1.807, 2.05) is 38.1 Å². The van der Waals surface area contributed by atoms with E-state index in [0.717, 1.165) is 17.9 Å². The molecule has 0 bridgehead atoms. The molecule has 3 rings (SSSR count). The Morgan fingerprint density at radius 2 is 1.83 bits per heavy atom. The number of hydrogen-bond donors (Lipinski definition) is 2. The van der Waals surface area contributed by atoms with Gasteiger partial charge in [0.2, 0.25) is 11.8 Å². The van der Waals surface area contributed by atoms with E-state index in [1.165, 1.54) is 0 Å². The van der Waals surface area contributed by atoms with Gasteiger partial charge in [-0.3, -0.25) is 14.4 Å². The lowest BCUT2D eigenvalue weighted by molar-refractivity contribution is -0.122. The first-order valence-corrected chi connectivity index (χ1v) is 10.2. The van der Waals surface area contributed by atoms with Gasteiger partial charge in [0.05, 0.1) is 23.8 Å². The molecule has 2 N–H and O–H groups in total. The summed E-state index contributed by atoms with van der Waals surface area (Å²) in [7, 11) is 0. The molecule has 30 heavy (non-hydrogen) atoms. The Kier molecular flexibility index (Phi) is 7.06. The van der Waals surface area contributed by atoms with Crippen LogP contribution in [0.1, 0.15) is 37.0 Å². The van der Waals surface area contributed by atoms with E-state index in [4.69, 9.17) is 4.74 Å². The molecule has 1 atom stereocenters. The first kappa shape index (κ1) is 21.4. The molecule has 7 heteroatoms. The number of nitrogens with one attached hydrogen (secondary N) is 2. The number of rotatable bonds is 8. The third-order valence-corrected chi connectivity index (χ3v) is 4.92. The van der Waals surface area contributed by atoms with Gasteiger partial charge < -0.3 is 20.3 Å². The third-order valence-electron chi connectivity index (χ3n) is 4.92. The zero-order valence-electron chi connectivity index (χ0n) is 17.3. The molecular weight excluding hydrogens is 382 g/mol. The number of hydrogen-bond acceptors (Lipinski definition) is 4. The van der Waals surface area contributed by atoms with Crippen LogP contribution in [0.3, 0.4) is 0 Å². The largest absolute Gasteiger partial charge is 0.494 e. The number of benzene rings is 2. The minimum absolute atomic E-state index is 0.103. The number of amides is 3. The molecule has 1 saturated heterocycles. The van der Waals surface area contributed by atoms with Crippen molar-refractivity contribution in [3.05, 3.63) is 54.1 Å². The summed E-state index contributed by atoms with van der Waals surface area (Å²) in [6.45, 7) is 5.31. The normalized spacial score (nSPS) is 15.7. The number of anilines is 2. The number of nitrogens with zero attached hydrogens (tertiary/aromatic N) is 1. The molecule has 0 radical (unpaired) electrons. The molecule has 1 fully saturated rings. The maximum Gasteiger partial charge on any atom is 0.253 e. The van der Waals surface area contributed by atoms with Gasteiger partial charge in [-0.25, -0.2) is 0 Å². The van der Waals surface area contributed by atoms with E-state index in [0.29, 0.717) is 30.9 Å². The van der Waals surface area contributed by atoms with Crippen molar-refractivity contribution in [3.8, 4) is 5.75 Å². The number of carbonyl (C=O) groups is 3. The molecule has 0 aliphatic carbocycles. The second kappa shape index (κ2) is 9.91. The molecule has 0 spiro atoms. The van der Waals surface area contributed by atoms with Gasteiger partial charge in [0.25, 0.3) is 5.91 Å². The molecular formula is C23H27N3O4. The van der Waals surface area contributed by atoms with E-state index < -0.39 is 5.92 Å². The maximum atomic E-state index is 12.8. The van der Waals surface area contributed by atoms with Crippen LogP contribution >= 0.6 is 0 Å². The van der Waals surface area contributed by atoms with Crippen LogP contribution in [0.25, 0.3) is 0 Å². The lowest BCUT2D eigenvalue weighted by Crippen LogP contribution is -2.29. The van der Waals surface area contributed by atoms with Gasteiger partial charge in [-0.05, 0) is 49.7 Å². The molecule has 1 aliphatic rings. The fourth-order valence-electron chi connectivity index (χ4n) is 3.38. The fourth-order valence-corrected chi connectivity index (χ4v) is 3.38. The lowest BCUT2D eigenvalue weighted by Gasteiger charge is -2.17. The van der Waals surface area contributed by atoms with Crippen molar-refractivity contribution in [2.24, 2.45) is 5.92 Å². The van der Waals surface area contributed by atoms with Gasteiger partial charge in [0.15, 0.2) is 0 Å². The Morgan fingerprint density at radius 3 is 2.53 bits per heavy atom. The van der Waals surface area contributed by atoms with Crippen LogP contribution in [0.2, 0.25) is 0 Å². The highest BCUT2D eigenvalue weighted by molar-refractivity contribution is 6.07. The molecule has 2 aromatic rings. The van der Waals surface area contributed by atoms with Crippen molar-refractivity contribution in [2.45, 2.75) is 26.7 Å². The summed E-state index contributed by atoms with van der Waals surface area (Å²) in [4.78, 5) is 39.3. The monoisotopic (exact) mass is 409 g/mol. The van der Waals surface area contributed by atoms with Crippen molar-refractivity contribution >= 4 is 29.1 Å². The Bertz CT molecular complexity index is 911. The summed E-state index contributed by atoms with van der Waals surface area (Å²) in [6.07, 6.45) is 0.953. The van der Waals surface area contributed by atoms with Crippen LogP contribution in [-0.2, 0) is 9.59 Å². The molecule has 7 nitrogen and oxygen atoms in total. The van der Waals surface area contributed by atoms with E-state index in [-0.39, 0.29) is 24.1 Å². The van der Waals surface area contributed by atoms with Crippen molar-refractivity contribution in [1.29, 1.82) is 0 Å². The molecule has 1 aliphatic heterocycles. The van der Waals surface area contributed by atoms with Crippen LogP contribution < -0.4 is 20.3 Å². The predicted octanol–water partition coefficient (Wildman–Crippen LogP) is 3.22. The van der Waals surface area contributed by atoms with Gasteiger partial charge in [0, 0.05) is 25.2 Å². The van der Waals surface area contributed by atoms with Crippen LogP contribution in [-0.4, -0.2) is 37.4 Å². The van der Waals surface area contributed by atoms with E-state index in [2.05, 4.69) is 10.6 Å². The SMILES string of the molecule is CCCNC(=O)c1ccccc1NC(=O)[C@@H]1CC(=O)N(c2ccc(OCC)cc2)C1. The Hall–Kier alpha value is -3.35. The minimum atomic E-state index is -0.490. The summed E-state index contributed by atoms with van der Waals surface area (Å²) in [5, 5.41) is 5.65. The highest BCUT2D eigenvalue weighted by Crippen LogP contribution is 2.28. The molecule has 2 aromatic carbocycles. The molecule has 158 valence electrons. The third kappa shape index (κ3) is 4.97. The van der Waals surface area contributed by atoms with Gasteiger partial charge in [-0.1, -0.05) is 19.1 Å². The summed E-state index contributed by atoms with van der Waals surface area (Å²) in [5.74, 6) is -0.358. The fraction of sp³-hybridized carbons (Fsp3) is 0.348. The summed E-state index contributed by atoms with van der Waals surface area (Å²) in [6, 6.07) is 14.1. The van der Waals surface area contributed by atoms with Crippen LogP contribution in [0, 0.1) is 5.92 Å². The van der Waals surface area contributed by atoms with E-state index >= 15 is 0 Å². The predicted molar refractivity (Wildman–Crippen MR) is 116 cm³/mol. The average molecular weight is 409 g/mol. The van der Waals surface area contributed by atoms with Crippen LogP contribution in [0.4, 0.5) is 11.4 Å². The van der Waals surface area contributed by atoms with Crippen molar-refractivity contribution in [2.75, 3.05) is 29.9 Å². The van der Waals surface area contributed by atoms with Crippen molar-refractivity contribution in [1.82, 2.24) is 5.32 Å².